The van der Waals surface area contributed by atoms with Crippen LogP contribution >= 0.6 is 15.9 Å². The number of ketones is 1. The first kappa shape index (κ1) is 17.2. The van der Waals surface area contributed by atoms with E-state index in [2.05, 4.69) is 26.1 Å². The molecule has 0 saturated heterocycles. The second kappa shape index (κ2) is 7.48. The van der Waals surface area contributed by atoms with Crippen LogP contribution in [0.2, 0.25) is 0 Å². The van der Waals surface area contributed by atoms with Gasteiger partial charge in [-0.05, 0) is 53.2 Å². The average Bonchev–Trinajstić information content (AvgIpc) is 3.08. The van der Waals surface area contributed by atoms with E-state index >= 15 is 0 Å². The Balaban J connectivity index is 1.75. The molecule has 0 aliphatic heterocycles. The average molecular weight is 403 g/mol. The highest BCUT2D eigenvalue weighted by Gasteiger charge is 2.13. The molecule has 1 heterocycles. The summed E-state index contributed by atoms with van der Waals surface area (Å²) < 4.78 is 17.5. The number of carbonyl (C=O) groups excluding carboxylic acids is 1. The quantitative estimate of drug-likeness (QED) is 0.572. The molecule has 0 aliphatic rings. The number of hydrogen-bond acceptors (Lipinski definition) is 6. The largest absolute Gasteiger partial charge is 0.493 e. The summed E-state index contributed by atoms with van der Waals surface area (Å²) in [5, 5.41) is 8.03. The summed E-state index contributed by atoms with van der Waals surface area (Å²) >= 11 is 3.45. The van der Waals surface area contributed by atoms with Crippen molar-refractivity contribution in [1.82, 2.24) is 10.2 Å². The molecule has 3 rings (SSSR count). The second-order valence-electron chi connectivity index (χ2n) is 5.19. The van der Waals surface area contributed by atoms with Crippen molar-refractivity contribution < 1.29 is 18.7 Å². The zero-order chi connectivity index (χ0) is 17.8. The van der Waals surface area contributed by atoms with E-state index in [0.29, 0.717) is 28.8 Å². The van der Waals surface area contributed by atoms with Crippen molar-refractivity contribution in [1.29, 1.82) is 0 Å². The molecule has 2 aromatic carbocycles. The number of benzene rings is 2. The molecule has 0 fully saturated rings. The van der Waals surface area contributed by atoms with Crippen LogP contribution in [0.4, 0.5) is 0 Å². The van der Waals surface area contributed by atoms with E-state index < -0.39 is 0 Å². The fourth-order valence-electron chi connectivity index (χ4n) is 2.20. The number of ether oxygens (including phenoxy) is 2. The lowest BCUT2D eigenvalue weighted by atomic mass is 10.1. The van der Waals surface area contributed by atoms with Gasteiger partial charge in [-0.2, -0.15) is 0 Å². The maximum absolute atomic E-state index is 11.4. The summed E-state index contributed by atoms with van der Waals surface area (Å²) in [6, 6.07) is 12.6. The molecule has 0 radical (unpaired) electrons. The maximum atomic E-state index is 11.4. The van der Waals surface area contributed by atoms with Crippen LogP contribution in [0.1, 0.15) is 23.2 Å². The smallest absolute Gasteiger partial charge is 0.254 e. The molecule has 0 bridgehead atoms. The number of Topliss-reactive ketones (excluding diaryl/α,β-unsaturated/α-hetero) is 1. The standard InChI is InChI=1S/C18H15BrN2O4/c1-11(22)12-7-8-15(16(9-12)23-2)24-10-17-20-21-18(25-17)13-5-3-4-6-14(13)19/h3-9H,10H2,1-2H3. The highest BCUT2D eigenvalue weighted by atomic mass is 79.9. The van der Waals surface area contributed by atoms with Crippen LogP contribution in [0.15, 0.2) is 51.4 Å². The van der Waals surface area contributed by atoms with Crippen LogP contribution in [0.25, 0.3) is 11.5 Å². The molecule has 25 heavy (non-hydrogen) atoms. The first-order chi connectivity index (χ1) is 12.1. The van der Waals surface area contributed by atoms with Gasteiger partial charge in [0.2, 0.25) is 5.89 Å². The van der Waals surface area contributed by atoms with E-state index in [4.69, 9.17) is 13.9 Å². The Labute approximate surface area is 152 Å². The molecular weight excluding hydrogens is 388 g/mol. The van der Waals surface area contributed by atoms with Gasteiger partial charge in [0, 0.05) is 10.0 Å². The summed E-state index contributed by atoms with van der Waals surface area (Å²) in [6.45, 7) is 1.59. The normalized spacial score (nSPS) is 10.5. The van der Waals surface area contributed by atoms with Gasteiger partial charge in [0.05, 0.1) is 12.7 Å². The predicted octanol–water partition coefficient (Wildman–Crippen LogP) is 4.29. The topological polar surface area (TPSA) is 74.5 Å². The van der Waals surface area contributed by atoms with Gasteiger partial charge in [-0.15, -0.1) is 10.2 Å². The van der Waals surface area contributed by atoms with E-state index in [1.165, 1.54) is 14.0 Å². The molecule has 0 saturated carbocycles. The second-order valence-corrected chi connectivity index (χ2v) is 6.05. The third-order valence-electron chi connectivity index (χ3n) is 3.49. The first-order valence-electron chi connectivity index (χ1n) is 7.47. The van der Waals surface area contributed by atoms with Gasteiger partial charge in [-0.1, -0.05) is 12.1 Å². The van der Waals surface area contributed by atoms with Crippen molar-refractivity contribution in [2.24, 2.45) is 0 Å². The third kappa shape index (κ3) is 3.88. The highest BCUT2D eigenvalue weighted by Crippen LogP contribution is 2.30. The lowest BCUT2D eigenvalue weighted by Crippen LogP contribution is -2.00. The Kier molecular flexibility index (Phi) is 5.14. The Morgan fingerprint density at radius 2 is 1.96 bits per heavy atom. The zero-order valence-electron chi connectivity index (χ0n) is 13.7. The van der Waals surface area contributed by atoms with Gasteiger partial charge in [0.1, 0.15) is 0 Å². The predicted molar refractivity (Wildman–Crippen MR) is 94.8 cm³/mol. The first-order valence-corrected chi connectivity index (χ1v) is 8.27. The van der Waals surface area contributed by atoms with Crippen molar-refractivity contribution in [3.05, 3.63) is 58.4 Å². The zero-order valence-corrected chi connectivity index (χ0v) is 15.2. The van der Waals surface area contributed by atoms with Gasteiger partial charge in [0.15, 0.2) is 23.9 Å². The Morgan fingerprint density at radius 3 is 2.68 bits per heavy atom. The van der Waals surface area contributed by atoms with E-state index in [-0.39, 0.29) is 12.4 Å². The van der Waals surface area contributed by atoms with Gasteiger partial charge in [0.25, 0.3) is 5.89 Å². The molecule has 0 aliphatic carbocycles. The summed E-state index contributed by atoms with van der Waals surface area (Å²) in [5.41, 5.74) is 1.36. The minimum absolute atomic E-state index is 0.0418. The van der Waals surface area contributed by atoms with Crippen LogP contribution in [0, 0.1) is 0 Å². The number of methoxy groups -OCH3 is 1. The molecule has 1 aromatic heterocycles. The van der Waals surface area contributed by atoms with Crippen LogP contribution in [0.3, 0.4) is 0 Å². The number of carbonyl (C=O) groups is 1. The molecule has 0 N–H and O–H groups in total. The van der Waals surface area contributed by atoms with Gasteiger partial charge >= 0.3 is 0 Å². The van der Waals surface area contributed by atoms with E-state index in [1.807, 2.05) is 24.3 Å². The fraction of sp³-hybridized carbons (Fsp3) is 0.167. The van der Waals surface area contributed by atoms with Crippen molar-refractivity contribution in [2.75, 3.05) is 7.11 Å². The summed E-state index contributed by atoms with van der Waals surface area (Å²) in [6.07, 6.45) is 0. The van der Waals surface area contributed by atoms with Crippen LogP contribution in [-0.4, -0.2) is 23.1 Å². The van der Waals surface area contributed by atoms with Crippen LogP contribution in [0.5, 0.6) is 11.5 Å². The van der Waals surface area contributed by atoms with Gasteiger partial charge in [-0.25, -0.2) is 0 Å². The molecule has 0 unspecified atom stereocenters. The van der Waals surface area contributed by atoms with E-state index in [9.17, 15) is 4.79 Å². The maximum Gasteiger partial charge on any atom is 0.254 e. The number of hydrogen-bond donors (Lipinski definition) is 0. The van der Waals surface area contributed by atoms with Crippen LogP contribution < -0.4 is 9.47 Å². The number of aromatic nitrogens is 2. The Hall–Kier alpha value is -2.67. The minimum Gasteiger partial charge on any atom is -0.493 e. The number of halogens is 1. The third-order valence-corrected chi connectivity index (χ3v) is 4.18. The van der Waals surface area contributed by atoms with Crippen LogP contribution in [-0.2, 0) is 6.61 Å². The molecule has 6 nitrogen and oxygen atoms in total. The fourth-order valence-corrected chi connectivity index (χ4v) is 2.66. The van der Waals surface area contributed by atoms with Gasteiger partial charge < -0.3 is 13.9 Å². The molecular formula is C18H15BrN2O4. The molecule has 0 amide bonds. The SMILES string of the molecule is COc1cc(C(C)=O)ccc1OCc1nnc(-c2ccccc2Br)o1. The van der Waals surface area contributed by atoms with Crippen molar-refractivity contribution >= 4 is 21.7 Å². The Morgan fingerprint density at radius 1 is 1.16 bits per heavy atom. The van der Waals surface area contributed by atoms with Crippen molar-refractivity contribution in [3.63, 3.8) is 0 Å². The lowest BCUT2D eigenvalue weighted by Gasteiger charge is -2.10. The molecule has 0 atom stereocenters. The molecule has 3 aromatic rings. The lowest BCUT2D eigenvalue weighted by molar-refractivity contribution is 0.101. The number of nitrogens with zero attached hydrogens (tertiary/aromatic N) is 2. The minimum atomic E-state index is -0.0418. The molecule has 128 valence electrons. The summed E-state index contributed by atoms with van der Waals surface area (Å²) in [5.74, 6) is 1.67. The van der Waals surface area contributed by atoms with Crippen molar-refractivity contribution in [2.45, 2.75) is 13.5 Å². The number of rotatable bonds is 6. The molecule has 0 spiro atoms. The van der Waals surface area contributed by atoms with E-state index in [0.717, 1.165) is 10.0 Å². The highest BCUT2D eigenvalue weighted by molar-refractivity contribution is 9.10. The Bertz CT molecular complexity index is 908. The molecule has 7 heteroatoms. The van der Waals surface area contributed by atoms with Crippen molar-refractivity contribution in [3.8, 4) is 23.0 Å². The van der Waals surface area contributed by atoms with E-state index in [1.54, 1.807) is 18.2 Å². The summed E-state index contributed by atoms with van der Waals surface area (Å²) in [7, 11) is 1.52. The summed E-state index contributed by atoms with van der Waals surface area (Å²) in [4.78, 5) is 11.4. The monoisotopic (exact) mass is 402 g/mol. The van der Waals surface area contributed by atoms with Gasteiger partial charge in [-0.3, -0.25) is 4.79 Å².